The first-order chi connectivity index (χ1) is 14.6. The van der Waals surface area contributed by atoms with Gasteiger partial charge in [0, 0.05) is 23.7 Å². The van der Waals surface area contributed by atoms with E-state index in [2.05, 4.69) is 41.4 Å². The van der Waals surface area contributed by atoms with Gasteiger partial charge in [-0.2, -0.15) is 0 Å². The highest BCUT2D eigenvalue weighted by atomic mass is 32.1. The Morgan fingerprint density at radius 2 is 1.83 bits per heavy atom. The first kappa shape index (κ1) is 21.4. The summed E-state index contributed by atoms with van der Waals surface area (Å²) in [5.41, 5.74) is 9.17. The normalized spacial score (nSPS) is 10.9. The molecular formula is C23H26N4O2S. The molecule has 0 radical (unpaired) electrons. The van der Waals surface area contributed by atoms with E-state index in [1.165, 1.54) is 17.0 Å². The molecule has 1 amide bonds. The van der Waals surface area contributed by atoms with Crippen LogP contribution in [0.15, 0.2) is 65.8 Å². The fourth-order valence-electron chi connectivity index (χ4n) is 2.93. The van der Waals surface area contributed by atoms with Gasteiger partial charge in [0.15, 0.2) is 6.61 Å². The molecule has 156 valence electrons. The smallest absolute Gasteiger partial charge is 0.265 e. The van der Waals surface area contributed by atoms with Gasteiger partial charge in [-0.3, -0.25) is 4.79 Å². The van der Waals surface area contributed by atoms with Crippen molar-refractivity contribution in [1.82, 2.24) is 0 Å². The van der Waals surface area contributed by atoms with E-state index in [1.54, 1.807) is 24.4 Å². The first-order valence-electron chi connectivity index (χ1n) is 9.85. The summed E-state index contributed by atoms with van der Waals surface area (Å²) < 4.78 is 0. The number of nitrogen functional groups attached to an aromatic ring is 1. The van der Waals surface area contributed by atoms with Crippen molar-refractivity contribution in [3.63, 3.8) is 0 Å². The quantitative estimate of drug-likeness (QED) is 0.290. The summed E-state index contributed by atoms with van der Waals surface area (Å²) in [5.74, 6) is -0.194. The molecular weight excluding hydrogens is 396 g/mol. The van der Waals surface area contributed by atoms with Crippen LogP contribution in [0.1, 0.15) is 34.0 Å². The Bertz CT molecular complexity index is 994. The number of carbonyl (C=O) groups excluding carboxylic acids is 1. The summed E-state index contributed by atoms with van der Waals surface area (Å²) in [7, 11) is 0. The van der Waals surface area contributed by atoms with Crippen LogP contribution in [0.4, 0.5) is 17.1 Å². The fraction of sp³-hybridized carbons (Fsp3) is 0.217. The van der Waals surface area contributed by atoms with Gasteiger partial charge in [0.1, 0.15) is 0 Å². The van der Waals surface area contributed by atoms with Crippen molar-refractivity contribution in [1.29, 1.82) is 0 Å². The summed E-state index contributed by atoms with van der Waals surface area (Å²) >= 11 is 1.37. The molecule has 0 unspecified atom stereocenters. The third-order valence-corrected chi connectivity index (χ3v) is 5.66. The van der Waals surface area contributed by atoms with Crippen molar-refractivity contribution in [2.45, 2.75) is 20.5 Å². The van der Waals surface area contributed by atoms with Crippen molar-refractivity contribution in [3.05, 3.63) is 76.0 Å². The molecule has 0 fully saturated rings. The molecule has 0 bridgehead atoms. The Morgan fingerprint density at radius 3 is 2.53 bits per heavy atom. The molecule has 0 spiro atoms. The van der Waals surface area contributed by atoms with E-state index in [-0.39, 0.29) is 5.91 Å². The Kier molecular flexibility index (Phi) is 7.45. The highest BCUT2D eigenvalue weighted by molar-refractivity contribution is 7.14. The summed E-state index contributed by atoms with van der Waals surface area (Å²) in [5, 5.41) is 6.86. The van der Waals surface area contributed by atoms with E-state index in [0.29, 0.717) is 22.9 Å². The fourth-order valence-corrected chi connectivity index (χ4v) is 3.74. The zero-order valence-electron chi connectivity index (χ0n) is 17.2. The van der Waals surface area contributed by atoms with E-state index in [4.69, 9.17) is 10.6 Å². The average Bonchev–Trinajstić information content (AvgIpc) is 3.24. The lowest BCUT2D eigenvalue weighted by Crippen LogP contribution is -2.21. The van der Waals surface area contributed by atoms with Gasteiger partial charge < -0.3 is 20.8 Å². The average molecular weight is 423 g/mol. The zero-order chi connectivity index (χ0) is 21.3. The van der Waals surface area contributed by atoms with E-state index < -0.39 is 0 Å². The number of amides is 1. The van der Waals surface area contributed by atoms with Crippen molar-refractivity contribution < 1.29 is 9.63 Å². The molecule has 1 aromatic heterocycles. The van der Waals surface area contributed by atoms with Crippen molar-refractivity contribution in [2.75, 3.05) is 29.0 Å². The number of para-hydroxylation sites is 2. The molecule has 0 atom stereocenters. The largest absolute Gasteiger partial charge is 0.397 e. The summed E-state index contributed by atoms with van der Waals surface area (Å²) in [4.78, 5) is 21.6. The molecule has 3 rings (SSSR count). The Labute approximate surface area is 181 Å². The second-order valence-corrected chi connectivity index (χ2v) is 7.75. The van der Waals surface area contributed by atoms with E-state index >= 15 is 0 Å². The van der Waals surface area contributed by atoms with Crippen LogP contribution in [-0.2, 0) is 11.4 Å². The molecule has 0 aliphatic rings. The lowest BCUT2D eigenvalue weighted by atomic mass is 10.2. The standard InChI is InChI=1S/C23H26N4O2S/c1-3-27(4-2)18-11-9-17(10-12-18)15-25-29-16-19-13-14-22(30-19)23(28)26-21-8-6-5-7-20(21)24/h5-15H,3-4,16,24H2,1-2H3,(H,26,28). The SMILES string of the molecule is CCN(CC)c1ccc(C=NOCc2ccc(C(=O)Nc3ccccc3N)s2)cc1. The zero-order valence-corrected chi connectivity index (χ0v) is 18.0. The second-order valence-electron chi connectivity index (χ2n) is 6.58. The summed E-state index contributed by atoms with van der Waals surface area (Å²) in [6.45, 7) is 6.55. The molecule has 2 aromatic carbocycles. The Hall–Kier alpha value is -3.32. The highest BCUT2D eigenvalue weighted by Crippen LogP contribution is 2.22. The third kappa shape index (κ3) is 5.61. The lowest BCUT2D eigenvalue weighted by molar-refractivity contribution is 0.103. The first-order valence-corrected chi connectivity index (χ1v) is 10.7. The Morgan fingerprint density at radius 1 is 1.10 bits per heavy atom. The minimum atomic E-state index is -0.194. The van der Waals surface area contributed by atoms with Gasteiger partial charge in [-0.05, 0) is 55.8 Å². The number of thiophene rings is 1. The molecule has 6 nitrogen and oxygen atoms in total. The van der Waals surface area contributed by atoms with Crippen LogP contribution < -0.4 is 16.0 Å². The maximum atomic E-state index is 12.4. The predicted molar refractivity (Wildman–Crippen MR) is 126 cm³/mol. The third-order valence-electron chi connectivity index (χ3n) is 4.60. The molecule has 30 heavy (non-hydrogen) atoms. The van der Waals surface area contributed by atoms with Gasteiger partial charge in [0.25, 0.3) is 5.91 Å². The summed E-state index contributed by atoms with van der Waals surface area (Å²) in [6.07, 6.45) is 1.69. The number of anilines is 3. The number of hydrogen-bond acceptors (Lipinski definition) is 6. The maximum Gasteiger partial charge on any atom is 0.265 e. The van der Waals surface area contributed by atoms with Crippen LogP contribution in [0.25, 0.3) is 0 Å². The van der Waals surface area contributed by atoms with Gasteiger partial charge in [-0.25, -0.2) is 0 Å². The van der Waals surface area contributed by atoms with Crippen molar-refractivity contribution >= 4 is 40.5 Å². The van der Waals surface area contributed by atoms with E-state index in [0.717, 1.165) is 23.5 Å². The lowest BCUT2D eigenvalue weighted by Gasteiger charge is -2.20. The molecule has 0 aliphatic carbocycles. The van der Waals surface area contributed by atoms with Crippen LogP contribution in [-0.4, -0.2) is 25.2 Å². The van der Waals surface area contributed by atoms with Gasteiger partial charge in [0.2, 0.25) is 0 Å². The second kappa shape index (κ2) is 10.5. The minimum Gasteiger partial charge on any atom is -0.397 e. The number of oxime groups is 1. The molecule has 1 heterocycles. The van der Waals surface area contributed by atoms with Gasteiger partial charge in [0.05, 0.1) is 22.5 Å². The van der Waals surface area contributed by atoms with Crippen LogP contribution in [0, 0.1) is 0 Å². The maximum absolute atomic E-state index is 12.4. The molecule has 3 N–H and O–H groups in total. The molecule has 7 heteroatoms. The number of hydrogen-bond donors (Lipinski definition) is 2. The Balaban J connectivity index is 1.50. The molecule has 0 saturated carbocycles. The monoisotopic (exact) mass is 422 g/mol. The van der Waals surface area contributed by atoms with E-state index in [9.17, 15) is 4.79 Å². The number of nitrogens with two attached hydrogens (primary N) is 1. The number of benzene rings is 2. The topological polar surface area (TPSA) is 80.0 Å². The predicted octanol–water partition coefficient (Wildman–Crippen LogP) is 4.98. The number of rotatable bonds is 9. The van der Waals surface area contributed by atoms with Crippen LogP contribution in [0.2, 0.25) is 0 Å². The van der Waals surface area contributed by atoms with Crippen molar-refractivity contribution in [2.24, 2.45) is 5.16 Å². The highest BCUT2D eigenvalue weighted by Gasteiger charge is 2.11. The molecule has 0 aliphatic heterocycles. The van der Waals surface area contributed by atoms with Crippen LogP contribution >= 0.6 is 11.3 Å². The van der Waals surface area contributed by atoms with Crippen LogP contribution in [0.3, 0.4) is 0 Å². The van der Waals surface area contributed by atoms with Crippen molar-refractivity contribution in [3.8, 4) is 0 Å². The van der Waals surface area contributed by atoms with Crippen LogP contribution in [0.5, 0.6) is 0 Å². The molecule has 3 aromatic rings. The number of carbonyl (C=O) groups is 1. The van der Waals surface area contributed by atoms with E-state index in [1.807, 2.05) is 30.3 Å². The molecule has 0 saturated heterocycles. The number of nitrogens with one attached hydrogen (secondary N) is 1. The minimum absolute atomic E-state index is 0.194. The van der Waals surface area contributed by atoms with Gasteiger partial charge in [-0.1, -0.05) is 29.4 Å². The van der Waals surface area contributed by atoms with Gasteiger partial charge in [-0.15, -0.1) is 11.3 Å². The summed E-state index contributed by atoms with van der Waals surface area (Å²) in [6, 6.07) is 19.0. The number of nitrogens with zero attached hydrogens (tertiary/aromatic N) is 2. The van der Waals surface area contributed by atoms with Gasteiger partial charge >= 0.3 is 0 Å².